The minimum atomic E-state index is -1.10. The topological polar surface area (TPSA) is 95.9 Å². The van der Waals surface area contributed by atoms with Crippen molar-refractivity contribution in [2.45, 2.75) is 37.8 Å². The molecule has 92 valence electrons. The molecule has 6 nitrogen and oxygen atoms in total. The van der Waals surface area contributed by atoms with Gasteiger partial charge in [0.25, 0.3) is 0 Å². The van der Waals surface area contributed by atoms with Gasteiger partial charge in [-0.25, -0.2) is 4.79 Å². The molecule has 1 aliphatic rings. The Labute approximate surface area is 93.6 Å². The number of ether oxygens (including phenoxy) is 1. The molecule has 1 amide bonds. The number of rotatable bonds is 5. The molecule has 0 radical (unpaired) electrons. The van der Waals surface area contributed by atoms with E-state index in [1.807, 2.05) is 0 Å². The summed E-state index contributed by atoms with van der Waals surface area (Å²) in [6.07, 6.45) is 2.73. The fourth-order valence-electron chi connectivity index (χ4n) is 1.80. The molecule has 2 atom stereocenters. The van der Waals surface area contributed by atoms with Gasteiger partial charge in [-0.2, -0.15) is 0 Å². The molecule has 0 aromatic rings. The Bertz CT molecular complexity index is 256. The number of carboxylic acid groups (broad SMARTS) is 1. The summed E-state index contributed by atoms with van der Waals surface area (Å²) in [5.41, 5.74) is 0. The van der Waals surface area contributed by atoms with Crippen molar-refractivity contribution >= 4 is 11.9 Å². The van der Waals surface area contributed by atoms with Crippen molar-refractivity contribution in [1.29, 1.82) is 0 Å². The first-order valence-electron chi connectivity index (χ1n) is 5.35. The lowest BCUT2D eigenvalue weighted by atomic mass is 9.93. The Kier molecular flexibility index (Phi) is 5.21. The Balaban J connectivity index is 2.15. The number of aliphatic carboxylic acids is 1. The predicted octanol–water partition coefficient (Wildman–Crippen LogP) is -0.493. The van der Waals surface area contributed by atoms with Gasteiger partial charge in [0.05, 0.1) is 6.10 Å². The normalized spacial score (nSPS) is 25.1. The summed E-state index contributed by atoms with van der Waals surface area (Å²) in [6.45, 7) is -0.723. The molecule has 1 aliphatic carbocycles. The zero-order chi connectivity index (χ0) is 12.0. The number of carbonyl (C=O) groups is 2. The van der Waals surface area contributed by atoms with Crippen LogP contribution < -0.4 is 5.32 Å². The molecule has 0 spiro atoms. The lowest BCUT2D eigenvalue weighted by molar-refractivity contribution is -0.143. The largest absolute Gasteiger partial charge is 0.480 e. The second kappa shape index (κ2) is 6.44. The van der Waals surface area contributed by atoms with Gasteiger partial charge in [-0.15, -0.1) is 0 Å². The van der Waals surface area contributed by atoms with Crippen molar-refractivity contribution in [2.75, 3.05) is 13.2 Å². The van der Waals surface area contributed by atoms with Gasteiger partial charge in [0.1, 0.15) is 13.2 Å². The third-order valence-electron chi connectivity index (χ3n) is 2.47. The summed E-state index contributed by atoms with van der Waals surface area (Å²) >= 11 is 0. The molecule has 3 N–H and O–H groups in total. The minimum Gasteiger partial charge on any atom is -0.480 e. The monoisotopic (exact) mass is 231 g/mol. The van der Waals surface area contributed by atoms with Crippen LogP contribution in [0.2, 0.25) is 0 Å². The third kappa shape index (κ3) is 5.09. The molecule has 0 aromatic heterocycles. The fraction of sp³-hybridized carbons (Fsp3) is 0.800. The van der Waals surface area contributed by atoms with Crippen LogP contribution in [0.15, 0.2) is 0 Å². The van der Waals surface area contributed by atoms with E-state index in [4.69, 9.17) is 5.11 Å². The third-order valence-corrected chi connectivity index (χ3v) is 2.47. The molecule has 0 heterocycles. The smallest absolute Gasteiger partial charge is 0.329 e. The first-order chi connectivity index (χ1) is 7.58. The Morgan fingerprint density at radius 1 is 1.31 bits per heavy atom. The average molecular weight is 231 g/mol. The summed E-state index contributed by atoms with van der Waals surface area (Å²) in [4.78, 5) is 21.4. The zero-order valence-electron chi connectivity index (χ0n) is 9.02. The second-order valence-electron chi connectivity index (χ2n) is 3.97. The maximum atomic E-state index is 11.3. The number of nitrogens with one attached hydrogen (secondary N) is 1. The van der Waals surface area contributed by atoms with E-state index in [0.29, 0.717) is 6.42 Å². The van der Waals surface area contributed by atoms with Crippen molar-refractivity contribution in [2.24, 2.45) is 0 Å². The Hall–Kier alpha value is -1.14. The average Bonchev–Trinajstić information content (AvgIpc) is 2.16. The fourth-order valence-corrected chi connectivity index (χ4v) is 1.80. The highest BCUT2D eigenvalue weighted by molar-refractivity contribution is 5.78. The van der Waals surface area contributed by atoms with Crippen molar-refractivity contribution in [1.82, 2.24) is 5.32 Å². The van der Waals surface area contributed by atoms with E-state index in [0.717, 1.165) is 19.3 Å². The molecule has 6 heteroatoms. The second-order valence-corrected chi connectivity index (χ2v) is 3.97. The van der Waals surface area contributed by atoms with E-state index in [-0.39, 0.29) is 24.7 Å². The van der Waals surface area contributed by atoms with E-state index in [1.165, 1.54) is 0 Å². The number of carboxylic acids is 1. The van der Waals surface area contributed by atoms with Gasteiger partial charge < -0.3 is 20.3 Å². The summed E-state index contributed by atoms with van der Waals surface area (Å²) in [5, 5.41) is 20.4. The van der Waals surface area contributed by atoms with Crippen LogP contribution in [0.5, 0.6) is 0 Å². The van der Waals surface area contributed by atoms with Crippen LogP contribution in [-0.4, -0.2) is 47.4 Å². The molecule has 0 bridgehead atoms. The van der Waals surface area contributed by atoms with E-state index >= 15 is 0 Å². The highest BCUT2D eigenvalue weighted by Gasteiger charge is 2.21. The van der Waals surface area contributed by atoms with E-state index in [1.54, 1.807) is 0 Å². The molecule has 0 aliphatic heterocycles. The van der Waals surface area contributed by atoms with Crippen molar-refractivity contribution in [3.8, 4) is 0 Å². The molecule has 1 fully saturated rings. The van der Waals surface area contributed by atoms with Gasteiger partial charge in [0, 0.05) is 6.04 Å². The van der Waals surface area contributed by atoms with Gasteiger partial charge in [-0.3, -0.25) is 4.79 Å². The number of hydrogen-bond donors (Lipinski definition) is 3. The molecular weight excluding hydrogens is 214 g/mol. The van der Waals surface area contributed by atoms with Crippen LogP contribution in [-0.2, 0) is 14.3 Å². The number of aliphatic hydroxyl groups is 1. The minimum absolute atomic E-state index is 0.0234. The highest BCUT2D eigenvalue weighted by Crippen LogP contribution is 2.17. The summed E-state index contributed by atoms with van der Waals surface area (Å²) in [5.74, 6) is -1.43. The summed E-state index contributed by atoms with van der Waals surface area (Å²) in [6, 6.07) is -0.0234. The number of aliphatic hydroxyl groups excluding tert-OH is 1. The molecule has 1 saturated carbocycles. The lowest BCUT2D eigenvalue weighted by Gasteiger charge is -2.26. The van der Waals surface area contributed by atoms with Crippen molar-refractivity contribution in [3.05, 3.63) is 0 Å². The van der Waals surface area contributed by atoms with Crippen LogP contribution >= 0.6 is 0 Å². The molecular formula is C10H17NO5. The summed E-state index contributed by atoms with van der Waals surface area (Å²) in [7, 11) is 0. The van der Waals surface area contributed by atoms with Gasteiger partial charge in [0.2, 0.25) is 5.91 Å². The standard InChI is InChI=1S/C10H17NO5/c12-8-3-1-2-7(4-8)11-9(13)5-16-6-10(14)15/h7-8,12H,1-6H2,(H,11,13)(H,14,15). The quantitative estimate of drug-likeness (QED) is 0.593. The van der Waals surface area contributed by atoms with Gasteiger partial charge in [-0.1, -0.05) is 0 Å². The van der Waals surface area contributed by atoms with E-state index < -0.39 is 12.6 Å². The van der Waals surface area contributed by atoms with E-state index in [9.17, 15) is 14.7 Å². The predicted molar refractivity (Wildman–Crippen MR) is 54.9 cm³/mol. The maximum absolute atomic E-state index is 11.3. The SMILES string of the molecule is O=C(O)COCC(=O)NC1CCCC(O)C1. The van der Waals surface area contributed by atoms with Gasteiger partial charge >= 0.3 is 5.97 Å². The number of carbonyl (C=O) groups excluding carboxylic acids is 1. The van der Waals surface area contributed by atoms with Gasteiger partial charge in [0.15, 0.2) is 0 Å². The molecule has 0 aromatic carbocycles. The summed E-state index contributed by atoms with van der Waals surface area (Å²) < 4.78 is 4.65. The first kappa shape index (κ1) is 12.9. The first-order valence-corrected chi connectivity index (χ1v) is 5.35. The van der Waals surface area contributed by atoms with Crippen molar-refractivity contribution < 1.29 is 24.5 Å². The molecule has 0 saturated heterocycles. The van der Waals surface area contributed by atoms with Crippen molar-refractivity contribution in [3.63, 3.8) is 0 Å². The molecule has 16 heavy (non-hydrogen) atoms. The Morgan fingerprint density at radius 2 is 2.06 bits per heavy atom. The number of hydrogen-bond acceptors (Lipinski definition) is 4. The lowest BCUT2D eigenvalue weighted by Crippen LogP contribution is -2.41. The van der Waals surface area contributed by atoms with Gasteiger partial charge in [-0.05, 0) is 25.7 Å². The van der Waals surface area contributed by atoms with Crippen LogP contribution in [0, 0.1) is 0 Å². The van der Waals surface area contributed by atoms with Crippen LogP contribution in [0.3, 0.4) is 0 Å². The van der Waals surface area contributed by atoms with E-state index in [2.05, 4.69) is 10.1 Å². The maximum Gasteiger partial charge on any atom is 0.329 e. The zero-order valence-corrected chi connectivity index (χ0v) is 9.02. The molecule has 1 rings (SSSR count). The van der Waals surface area contributed by atoms with Crippen LogP contribution in [0.1, 0.15) is 25.7 Å². The molecule has 2 unspecified atom stereocenters. The Morgan fingerprint density at radius 3 is 2.69 bits per heavy atom. The highest BCUT2D eigenvalue weighted by atomic mass is 16.5. The van der Waals surface area contributed by atoms with Crippen LogP contribution in [0.25, 0.3) is 0 Å². The number of amides is 1. The van der Waals surface area contributed by atoms with Crippen LogP contribution in [0.4, 0.5) is 0 Å².